The second kappa shape index (κ2) is 5.39. The molecule has 0 spiro atoms. The Morgan fingerprint density at radius 2 is 2.28 bits per heavy atom. The molecule has 3 rings (SSSR count). The van der Waals surface area contributed by atoms with Crippen molar-refractivity contribution in [2.45, 2.75) is 31.8 Å². The van der Waals surface area contributed by atoms with Crippen molar-refractivity contribution in [2.75, 3.05) is 0 Å². The first-order valence-electron chi connectivity index (χ1n) is 6.20. The van der Waals surface area contributed by atoms with E-state index in [9.17, 15) is 0 Å². The van der Waals surface area contributed by atoms with E-state index in [1.165, 1.54) is 24.0 Å². The Kier molecular flexibility index (Phi) is 3.64. The van der Waals surface area contributed by atoms with Crippen molar-refractivity contribution in [1.82, 2.24) is 10.3 Å². The fraction of sp³-hybridized carbons (Fsp3) is 0.357. The molecule has 0 saturated heterocycles. The fourth-order valence-electron chi connectivity index (χ4n) is 1.93. The molecule has 2 aromatic rings. The van der Waals surface area contributed by atoms with E-state index in [-0.39, 0.29) is 0 Å². The summed E-state index contributed by atoms with van der Waals surface area (Å²) in [5.74, 6) is 0. The van der Waals surface area contributed by atoms with Gasteiger partial charge < -0.3 is 5.32 Å². The minimum Gasteiger partial charge on any atom is -0.310 e. The van der Waals surface area contributed by atoms with E-state index >= 15 is 0 Å². The third kappa shape index (κ3) is 3.10. The molecule has 18 heavy (non-hydrogen) atoms. The van der Waals surface area contributed by atoms with Crippen molar-refractivity contribution >= 4 is 22.9 Å². The lowest BCUT2D eigenvalue weighted by Crippen LogP contribution is -2.15. The number of hydrogen-bond acceptors (Lipinski definition) is 3. The van der Waals surface area contributed by atoms with Crippen LogP contribution in [0.2, 0.25) is 5.02 Å². The molecule has 0 aliphatic heterocycles. The molecule has 2 nitrogen and oxygen atoms in total. The SMILES string of the molecule is Clc1ccc(Cc2nccs2)cc1CNC1CC1. The number of hydrogen-bond donors (Lipinski definition) is 1. The van der Waals surface area contributed by atoms with Crippen LogP contribution in [0, 0.1) is 0 Å². The van der Waals surface area contributed by atoms with E-state index in [4.69, 9.17) is 11.6 Å². The van der Waals surface area contributed by atoms with E-state index in [0.717, 1.165) is 23.0 Å². The number of nitrogens with zero attached hydrogens (tertiary/aromatic N) is 1. The van der Waals surface area contributed by atoms with Gasteiger partial charge >= 0.3 is 0 Å². The van der Waals surface area contributed by atoms with Crippen LogP contribution in [0.1, 0.15) is 29.0 Å². The third-order valence-corrected chi connectivity index (χ3v) is 4.26. The average Bonchev–Trinajstić information content (AvgIpc) is 3.07. The summed E-state index contributed by atoms with van der Waals surface area (Å²) in [4.78, 5) is 4.32. The molecule has 1 heterocycles. The van der Waals surface area contributed by atoms with E-state index < -0.39 is 0 Å². The molecule has 94 valence electrons. The van der Waals surface area contributed by atoms with Crippen molar-refractivity contribution < 1.29 is 0 Å². The van der Waals surface area contributed by atoms with Gasteiger partial charge in [-0.3, -0.25) is 0 Å². The minimum atomic E-state index is 0.712. The van der Waals surface area contributed by atoms with Crippen LogP contribution in [-0.2, 0) is 13.0 Å². The van der Waals surface area contributed by atoms with Gasteiger partial charge in [-0.1, -0.05) is 23.7 Å². The molecule has 1 aliphatic rings. The summed E-state index contributed by atoms with van der Waals surface area (Å²) in [6.07, 6.45) is 5.35. The Morgan fingerprint density at radius 3 is 3.00 bits per heavy atom. The number of benzene rings is 1. The molecule has 0 unspecified atom stereocenters. The summed E-state index contributed by atoms with van der Waals surface area (Å²) < 4.78 is 0. The molecule has 1 aromatic carbocycles. The van der Waals surface area contributed by atoms with Gasteiger partial charge in [-0.25, -0.2) is 4.98 Å². The molecule has 1 aliphatic carbocycles. The zero-order valence-corrected chi connectivity index (χ0v) is 11.6. The monoisotopic (exact) mass is 278 g/mol. The Balaban J connectivity index is 1.72. The van der Waals surface area contributed by atoms with E-state index in [1.54, 1.807) is 11.3 Å². The second-order valence-electron chi connectivity index (χ2n) is 4.68. The Labute approximate surface area is 116 Å². The molecule has 1 aromatic heterocycles. The summed E-state index contributed by atoms with van der Waals surface area (Å²) in [5.41, 5.74) is 2.47. The van der Waals surface area contributed by atoms with Gasteiger partial charge in [0.15, 0.2) is 0 Å². The first-order chi connectivity index (χ1) is 8.81. The molecular formula is C14H15ClN2S. The maximum absolute atomic E-state index is 6.23. The molecule has 4 heteroatoms. The smallest absolute Gasteiger partial charge is 0.0968 e. The lowest BCUT2D eigenvalue weighted by molar-refractivity contribution is 0.687. The maximum Gasteiger partial charge on any atom is 0.0968 e. The molecule has 1 fully saturated rings. The number of thiazole rings is 1. The predicted octanol–water partition coefficient (Wildman–Crippen LogP) is 3.64. The first-order valence-corrected chi connectivity index (χ1v) is 7.46. The highest BCUT2D eigenvalue weighted by atomic mass is 35.5. The highest BCUT2D eigenvalue weighted by Crippen LogP contribution is 2.23. The highest BCUT2D eigenvalue weighted by Gasteiger charge is 2.20. The van der Waals surface area contributed by atoms with Crippen LogP contribution in [0.3, 0.4) is 0 Å². The van der Waals surface area contributed by atoms with Crippen LogP contribution in [0.5, 0.6) is 0 Å². The predicted molar refractivity (Wildman–Crippen MR) is 76.2 cm³/mol. The molecule has 0 amide bonds. The van der Waals surface area contributed by atoms with Gasteiger partial charge in [0.05, 0.1) is 5.01 Å². The van der Waals surface area contributed by atoms with Crippen LogP contribution in [0.4, 0.5) is 0 Å². The third-order valence-electron chi connectivity index (χ3n) is 3.11. The van der Waals surface area contributed by atoms with Gasteiger partial charge in [-0.05, 0) is 30.0 Å². The van der Waals surface area contributed by atoms with Gasteiger partial charge in [0, 0.05) is 35.6 Å². The van der Waals surface area contributed by atoms with Gasteiger partial charge in [-0.2, -0.15) is 0 Å². The van der Waals surface area contributed by atoms with Gasteiger partial charge in [0.1, 0.15) is 0 Å². The van der Waals surface area contributed by atoms with Gasteiger partial charge in [0.25, 0.3) is 0 Å². The quantitative estimate of drug-likeness (QED) is 0.903. The summed E-state index contributed by atoms with van der Waals surface area (Å²) >= 11 is 7.93. The van der Waals surface area contributed by atoms with Crippen molar-refractivity contribution in [2.24, 2.45) is 0 Å². The number of halogens is 1. The number of nitrogens with one attached hydrogen (secondary N) is 1. The normalized spacial score (nSPS) is 14.9. The largest absolute Gasteiger partial charge is 0.310 e. The molecule has 0 bridgehead atoms. The standard InChI is InChI=1S/C14H15ClN2S/c15-13-4-1-10(8-14-16-5-6-18-14)7-11(13)9-17-12-2-3-12/h1,4-7,12,17H,2-3,8-9H2. The molecular weight excluding hydrogens is 264 g/mol. The van der Waals surface area contributed by atoms with Crippen molar-refractivity contribution in [3.8, 4) is 0 Å². The van der Waals surface area contributed by atoms with Gasteiger partial charge in [0.2, 0.25) is 0 Å². The van der Waals surface area contributed by atoms with E-state index in [0.29, 0.717) is 6.04 Å². The maximum atomic E-state index is 6.23. The zero-order valence-electron chi connectivity index (χ0n) is 10.0. The molecule has 0 radical (unpaired) electrons. The first kappa shape index (κ1) is 12.2. The van der Waals surface area contributed by atoms with E-state index in [2.05, 4.69) is 22.4 Å². The van der Waals surface area contributed by atoms with Gasteiger partial charge in [-0.15, -0.1) is 11.3 Å². The van der Waals surface area contributed by atoms with Crippen molar-refractivity contribution in [1.29, 1.82) is 0 Å². The lowest BCUT2D eigenvalue weighted by Gasteiger charge is -2.08. The zero-order chi connectivity index (χ0) is 12.4. The Bertz CT molecular complexity index is 521. The second-order valence-corrected chi connectivity index (χ2v) is 6.07. The van der Waals surface area contributed by atoms with Crippen LogP contribution < -0.4 is 5.32 Å². The van der Waals surface area contributed by atoms with Crippen LogP contribution >= 0.6 is 22.9 Å². The van der Waals surface area contributed by atoms with Crippen molar-refractivity contribution in [3.63, 3.8) is 0 Å². The van der Waals surface area contributed by atoms with Crippen LogP contribution in [-0.4, -0.2) is 11.0 Å². The summed E-state index contributed by atoms with van der Waals surface area (Å²) in [6.45, 7) is 0.870. The molecule has 1 N–H and O–H groups in total. The number of rotatable bonds is 5. The Hall–Kier alpha value is -0.900. The average molecular weight is 279 g/mol. The van der Waals surface area contributed by atoms with E-state index in [1.807, 2.05) is 17.6 Å². The lowest BCUT2D eigenvalue weighted by atomic mass is 10.1. The summed E-state index contributed by atoms with van der Waals surface area (Å²) in [5, 5.41) is 7.52. The fourth-order valence-corrected chi connectivity index (χ4v) is 2.77. The van der Waals surface area contributed by atoms with Crippen molar-refractivity contribution in [3.05, 3.63) is 50.9 Å². The van der Waals surface area contributed by atoms with Crippen LogP contribution in [0.15, 0.2) is 29.8 Å². The molecule has 0 atom stereocenters. The topological polar surface area (TPSA) is 24.9 Å². The number of aromatic nitrogens is 1. The minimum absolute atomic E-state index is 0.712. The van der Waals surface area contributed by atoms with Crippen LogP contribution in [0.25, 0.3) is 0 Å². The highest BCUT2D eigenvalue weighted by molar-refractivity contribution is 7.09. The Morgan fingerprint density at radius 1 is 1.39 bits per heavy atom. The summed E-state index contributed by atoms with van der Waals surface area (Å²) in [6, 6.07) is 6.99. The summed E-state index contributed by atoms with van der Waals surface area (Å²) in [7, 11) is 0. The molecule has 1 saturated carbocycles.